The molecule has 156 valence electrons. The van der Waals surface area contributed by atoms with Crippen LogP contribution in [0.5, 0.6) is 5.75 Å². The predicted molar refractivity (Wildman–Crippen MR) is 121 cm³/mol. The van der Waals surface area contributed by atoms with Crippen molar-refractivity contribution in [1.82, 2.24) is 9.88 Å². The molecule has 3 aromatic rings. The molecule has 0 spiro atoms. The van der Waals surface area contributed by atoms with Crippen LogP contribution in [0.25, 0.3) is 10.6 Å². The number of aromatic nitrogens is 1. The molecule has 1 atom stereocenters. The van der Waals surface area contributed by atoms with E-state index in [4.69, 9.17) is 10.00 Å². The fourth-order valence-corrected chi connectivity index (χ4v) is 5.05. The van der Waals surface area contributed by atoms with Crippen LogP contribution in [-0.4, -0.2) is 46.5 Å². The minimum Gasteiger partial charge on any atom is -0.497 e. The van der Waals surface area contributed by atoms with Gasteiger partial charge in [0.15, 0.2) is 0 Å². The van der Waals surface area contributed by atoms with Crippen molar-refractivity contribution in [3.8, 4) is 22.4 Å². The second kappa shape index (κ2) is 9.20. The molecule has 2 heterocycles. The van der Waals surface area contributed by atoms with E-state index in [1.807, 2.05) is 30.3 Å². The van der Waals surface area contributed by atoms with E-state index in [0.29, 0.717) is 28.6 Å². The number of thiazole rings is 1. The molecule has 1 aromatic heterocycles. The van der Waals surface area contributed by atoms with Crippen molar-refractivity contribution in [1.29, 1.82) is 5.26 Å². The SMILES string of the molecule is COc1ccc(-c2nc(C(=O)N3CSCC3C(=O)Nc3ccc(C#N)cc3)cs2)cc1. The van der Waals surface area contributed by atoms with Crippen LogP contribution in [0.1, 0.15) is 16.1 Å². The molecule has 31 heavy (non-hydrogen) atoms. The Morgan fingerprint density at radius 2 is 1.94 bits per heavy atom. The molecular formula is C22H18N4O3S2. The Morgan fingerprint density at radius 3 is 2.61 bits per heavy atom. The molecule has 7 nitrogen and oxygen atoms in total. The maximum atomic E-state index is 13.1. The maximum absolute atomic E-state index is 13.1. The van der Waals surface area contributed by atoms with Crippen molar-refractivity contribution >= 4 is 40.6 Å². The first-order valence-corrected chi connectivity index (χ1v) is 11.4. The second-order valence-electron chi connectivity index (χ2n) is 6.74. The summed E-state index contributed by atoms with van der Waals surface area (Å²) in [7, 11) is 1.61. The van der Waals surface area contributed by atoms with Gasteiger partial charge in [-0.15, -0.1) is 23.1 Å². The third-order valence-corrected chi connectivity index (χ3v) is 6.69. The third kappa shape index (κ3) is 4.55. The number of benzene rings is 2. The van der Waals surface area contributed by atoms with E-state index in [-0.39, 0.29) is 11.8 Å². The summed E-state index contributed by atoms with van der Waals surface area (Å²) in [6.45, 7) is 0. The summed E-state index contributed by atoms with van der Waals surface area (Å²) in [5, 5.41) is 14.2. The lowest BCUT2D eigenvalue weighted by atomic mass is 10.2. The van der Waals surface area contributed by atoms with Gasteiger partial charge in [0.2, 0.25) is 5.91 Å². The molecule has 0 bridgehead atoms. The molecule has 2 aromatic carbocycles. The number of hydrogen-bond acceptors (Lipinski definition) is 7. The number of nitrogens with one attached hydrogen (secondary N) is 1. The van der Waals surface area contributed by atoms with Gasteiger partial charge in [-0.25, -0.2) is 4.98 Å². The third-order valence-electron chi connectivity index (χ3n) is 4.79. The lowest BCUT2D eigenvalue weighted by molar-refractivity contribution is -0.119. The Kier molecular flexibility index (Phi) is 6.21. The van der Waals surface area contributed by atoms with Gasteiger partial charge in [-0.3, -0.25) is 9.59 Å². The highest BCUT2D eigenvalue weighted by molar-refractivity contribution is 7.99. The van der Waals surface area contributed by atoms with Gasteiger partial charge in [-0.05, 0) is 48.5 Å². The largest absolute Gasteiger partial charge is 0.497 e. The second-order valence-corrected chi connectivity index (χ2v) is 8.59. The van der Waals surface area contributed by atoms with Crippen LogP contribution < -0.4 is 10.1 Å². The molecule has 1 saturated heterocycles. The zero-order valence-electron chi connectivity index (χ0n) is 16.6. The number of rotatable bonds is 5. The number of carbonyl (C=O) groups excluding carboxylic acids is 2. The number of carbonyl (C=O) groups is 2. The number of anilines is 1. The minimum atomic E-state index is -0.584. The van der Waals surface area contributed by atoms with E-state index in [1.54, 1.807) is 41.7 Å². The van der Waals surface area contributed by atoms with Crippen LogP contribution in [0.3, 0.4) is 0 Å². The average Bonchev–Trinajstić information content (AvgIpc) is 3.49. The van der Waals surface area contributed by atoms with Gasteiger partial charge in [0, 0.05) is 22.4 Å². The van der Waals surface area contributed by atoms with E-state index >= 15 is 0 Å². The smallest absolute Gasteiger partial charge is 0.274 e. The van der Waals surface area contributed by atoms with Crippen molar-refractivity contribution in [2.45, 2.75) is 6.04 Å². The Labute approximate surface area is 187 Å². The van der Waals surface area contributed by atoms with Gasteiger partial charge in [0.1, 0.15) is 22.5 Å². The number of hydrogen-bond donors (Lipinski definition) is 1. The zero-order valence-corrected chi connectivity index (χ0v) is 18.2. The molecule has 1 unspecified atom stereocenters. The van der Waals surface area contributed by atoms with Crippen LogP contribution in [0.4, 0.5) is 5.69 Å². The number of nitriles is 1. The van der Waals surface area contributed by atoms with E-state index in [2.05, 4.69) is 10.3 Å². The number of methoxy groups -OCH3 is 1. The summed E-state index contributed by atoms with van der Waals surface area (Å²) < 4.78 is 5.17. The molecule has 9 heteroatoms. The molecule has 4 rings (SSSR count). The van der Waals surface area contributed by atoms with Gasteiger partial charge in [0.05, 0.1) is 24.6 Å². The van der Waals surface area contributed by atoms with Crippen LogP contribution >= 0.6 is 23.1 Å². The summed E-state index contributed by atoms with van der Waals surface area (Å²) in [6.07, 6.45) is 0. The van der Waals surface area contributed by atoms with Gasteiger partial charge in [-0.2, -0.15) is 5.26 Å². The number of ether oxygens (including phenoxy) is 1. The van der Waals surface area contributed by atoms with Crippen LogP contribution in [0, 0.1) is 11.3 Å². The van der Waals surface area contributed by atoms with Gasteiger partial charge in [-0.1, -0.05) is 0 Å². The topological polar surface area (TPSA) is 95.3 Å². The maximum Gasteiger partial charge on any atom is 0.274 e. The van der Waals surface area contributed by atoms with E-state index in [0.717, 1.165) is 16.3 Å². The summed E-state index contributed by atoms with van der Waals surface area (Å²) in [5.74, 6) is 1.18. The van der Waals surface area contributed by atoms with Crippen molar-refractivity contribution in [2.75, 3.05) is 24.1 Å². The zero-order chi connectivity index (χ0) is 21.8. The van der Waals surface area contributed by atoms with E-state index < -0.39 is 6.04 Å². The predicted octanol–water partition coefficient (Wildman–Crippen LogP) is 3.84. The van der Waals surface area contributed by atoms with E-state index in [9.17, 15) is 9.59 Å². The van der Waals surface area contributed by atoms with Crippen LogP contribution in [-0.2, 0) is 4.79 Å². The van der Waals surface area contributed by atoms with Crippen molar-refractivity contribution in [3.63, 3.8) is 0 Å². The van der Waals surface area contributed by atoms with Crippen molar-refractivity contribution in [2.24, 2.45) is 0 Å². The molecule has 1 N–H and O–H groups in total. The molecule has 0 radical (unpaired) electrons. The monoisotopic (exact) mass is 450 g/mol. The van der Waals surface area contributed by atoms with Crippen LogP contribution in [0.15, 0.2) is 53.9 Å². The van der Waals surface area contributed by atoms with Crippen molar-refractivity contribution in [3.05, 3.63) is 65.2 Å². The highest BCUT2D eigenvalue weighted by atomic mass is 32.2. The molecule has 1 aliphatic heterocycles. The fourth-order valence-electron chi connectivity index (χ4n) is 3.10. The lowest BCUT2D eigenvalue weighted by Gasteiger charge is -2.22. The van der Waals surface area contributed by atoms with Gasteiger partial charge < -0.3 is 15.0 Å². The highest BCUT2D eigenvalue weighted by Crippen LogP contribution is 2.29. The van der Waals surface area contributed by atoms with Crippen LogP contribution in [0.2, 0.25) is 0 Å². The highest BCUT2D eigenvalue weighted by Gasteiger charge is 2.36. The normalized spacial score (nSPS) is 15.4. The fraction of sp³-hybridized carbons (Fsp3) is 0.182. The number of nitrogens with zero attached hydrogens (tertiary/aromatic N) is 3. The molecule has 2 amide bonds. The summed E-state index contributed by atoms with van der Waals surface area (Å²) in [4.78, 5) is 31.9. The quantitative estimate of drug-likeness (QED) is 0.635. The van der Waals surface area contributed by atoms with Crippen molar-refractivity contribution < 1.29 is 14.3 Å². The molecular weight excluding hydrogens is 432 g/mol. The average molecular weight is 451 g/mol. The minimum absolute atomic E-state index is 0.256. The summed E-state index contributed by atoms with van der Waals surface area (Å²) in [6, 6.07) is 15.6. The Morgan fingerprint density at radius 1 is 1.19 bits per heavy atom. The number of thioether (sulfide) groups is 1. The Hall–Kier alpha value is -3.35. The summed E-state index contributed by atoms with van der Waals surface area (Å²) >= 11 is 2.91. The van der Waals surface area contributed by atoms with E-state index in [1.165, 1.54) is 23.1 Å². The Balaban J connectivity index is 1.46. The first-order chi connectivity index (χ1) is 15.1. The summed E-state index contributed by atoms with van der Waals surface area (Å²) in [5.41, 5.74) is 2.33. The first kappa shape index (κ1) is 20.9. The molecule has 0 aliphatic carbocycles. The molecule has 0 saturated carbocycles. The number of amides is 2. The van der Waals surface area contributed by atoms with Gasteiger partial charge >= 0.3 is 0 Å². The Bertz CT molecular complexity index is 1140. The molecule has 1 fully saturated rings. The standard InChI is InChI=1S/C22H18N4O3S2/c1-29-17-8-4-15(5-9-17)21-25-18(11-31-21)22(28)26-13-30-12-19(26)20(27)24-16-6-2-14(10-23)3-7-16/h2-9,11,19H,12-13H2,1H3,(H,24,27). The van der Waals surface area contributed by atoms with Gasteiger partial charge in [0.25, 0.3) is 5.91 Å². The molecule has 1 aliphatic rings. The first-order valence-electron chi connectivity index (χ1n) is 9.38. The lowest BCUT2D eigenvalue weighted by Crippen LogP contribution is -2.44.